The van der Waals surface area contributed by atoms with Gasteiger partial charge in [0.2, 0.25) is 5.91 Å². The maximum Gasteiger partial charge on any atom is 0.227 e. The van der Waals surface area contributed by atoms with Gasteiger partial charge in [0.05, 0.1) is 6.42 Å². The SMILES string of the molecule is Cc1cc(N(C2CC2)C2CCN(C(=O)Cc3cn(C)c4ccccc34)CC2)ncn1. The number of carbonyl (C=O) groups is 1. The molecular formula is C24H29N5O. The van der Waals surface area contributed by atoms with E-state index in [1.165, 1.54) is 23.7 Å². The van der Waals surface area contributed by atoms with Crippen molar-refractivity contribution in [2.24, 2.45) is 7.05 Å². The average Bonchev–Trinajstić information content (AvgIpc) is 3.54. The molecule has 156 valence electrons. The second-order valence-electron chi connectivity index (χ2n) is 8.73. The Hall–Kier alpha value is -2.89. The molecule has 2 aliphatic rings. The van der Waals surface area contributed by atoms with Gasteiger partial charge in [0, 0.05) is 61.1 Å². The third-order valence-electron chi connectivity index (χ3n) is 6.53. The number of piperidine rings is 1. The summed E-state index contributed by atoms with van der Waals surface area (Å²) in [5.74, 6) is 1.28. The highest BCUT2D eigenvalue weighted by Crippen LogP contribution is 2.35. The number of carbonyl (C=O) groups excluding carboxylic acids is 1. The second-order valence-corrected chi connectivity index (χ2v) is 8.73. The van der Waals surface area contributed by atoms with Crippen molar-refractivity contribution < 1.29 is 4.79 Å². The third kappa shape index (κ3) is 3.66. The van der Waals surface area contributed by atoms with E-state index >= 15 is 0 Å². The molecule has 0 N–H and O–H groups in total. The smallest absolute Gasteiger partial charge is 0.227 e. The third-order valence-corrected chi connectivity index (χ3v) is 6.53. The zero-order chi connectivity index (χ0) is 20.7. The summed E-state index contributed by atoms with van der Waals surface area (Å²) >= 11 is 0. The van der Waals surface area contributed by atoms with E-state index in [4.69, 9.17) is 0 Å². The molecule has 30 heavy (non-hydrogen) atoms. The fourth-order valence-corrected chi connectivity index (χ4v) is 4.84. The summed E-state index contributed by atoms with van der Waals surface area (Å²) in [7, 11) is 2.04. The Morgan fingerprint density at radius 1 is 1.10 bits per heavy atom. The first-order chi connectivity index (χ1) is 14.6. The van der Waals surface area contributed by atoms with Gasteiger partial charge in [-0.15, -0.1) is 0 Å². The Labute approximate surface area is 177 Å². The van der Waals surface area contributed by atoms with E-state index < -0.39 is 0 Å². The van der Waals surface area contributed by atoms with Gasteiger partial charge >= 0.3 is 0 Å². The zero-order valence-corrected chi connectivity index (χ0v) is 17.8. The van der Waals surface area contributed by atoms with Crippen molar-refractivity contribution >= 4 is 22.6 Å². The maximum absolute atomic E-state index is 13.0. The minimum atomic E-state index is 0.237. The van der Waals surface area contributed by atoms with Crippen LogP contribution in [-0.2, 0) is 18.3 Å². The van der Waals surface area contributed by atoms with Crippen molar-refractivity contribution in [3.63, 3.8) is 0 Å². The van der Waals surface area contributed by atoms with Gasteiger partial charge in [-0.25, -0.2) is 9.97 Å². The number of amides is 1. The van der Waals surface area contributed by atoms with Gasteiger partial charge in [0.25, 0.3) is 0 Å². The molecule has 0 spiro atoms. The maximum atomic E-state index is 13.0. The van der Waals surface area contributed by atoms with Crippen LogP contribution in [-0.4, -0.2) is 50.5 Å². The molecule has 5 rings (SSSR count). The topological polar surface area (TPSA) is 54.3 Å². The van der Waals surface area contributed by atoms with Gasteiger partial charge in [-0.05, 0) is 44.2 Å². The van der Waals surface area contributed by atoms with Crippen molar-refractivity contribution in [3.8, 4) is 0 Å². The van der Waals surface area contributed by atoms with E-state index in [2.05, 4.69) is 48.7 Å². The fraction of sp³-hybridized carbons (Fsp3) is 0.458. The Bertz CT molecular complexity index is 1060. The number of nitrogens with zero attached hydrogens (tertiary/aromatic N) is 5. The first-order valence-electron chi connectivity index (χ1n) is 11.0. The summed E-state index contributed by atoms with van der Waals surface area (Å²) in [5, 5.41) is 1.18. The van der Waals surface area contributed by atoms with E-state index in [-0.39, 0.29) is 5.91 Å². The molecule has 1 saturated carbocycles. The number of anilines is 1. The van der Waals surface area contributed by atoms with E-state index in [9.17, 15) is 4.79 Å². The number of para-hydroxylation sites is 1. The lowest BCUT2D eigenvalue weighted by molar-refractivity contribution is -0.131. The van der Waals surface area contributed by atoms with Gasteiger partial charge < -0.3 is 14.4 Å². The summed E-state index contributed by atoms with van der Waals surface area (Å²) in [6, 6.07) is 11.5. The molecule has 0 radical (unpaired) electrons. The van der Waals surface area contributed by atoms with Crippen LogP contribution in [0.1, 0.15) is 36.9 Å². The number of rotatable bonds is 5. The van der Waals surface area contributed by atoms with Crippen LogP contribution in [0.25, 0.3) is 10.9 Å². The Balaban J connectivity index is 1.25. The number of aryl methyl sites for hydroxylation is 2. The second kappa shape index (κ2) is 7.74. The molecule has 2 fully saturated rings. The molecule has 1 aliphatic carbocycles. The van der Waals surface area contributed by atoms with Crippen LogP contribution in [0.3, 0.4) is 0 Å². The van der Waals surface area contributed by atoms with Crippen LogP contribution in [0.2, 0.25) is 0 Å². The van der Waals surface area contributed by atoms with E-state index in [1.54, 1.807) is 6.33 Å². The predicted octanol–water partition coefficient (Wildman–Crippen LogP) is 3.48. The lowest BCUT2D eigenvalue weighted by Gasteiger charge is -2.39. The average molecular weight is 404 g/mol. The van der Waals surface area contributed by atoms with Crippen molar-refractivity contribution in [1.82, 2.24) is 19.4 Å². The van der Waals surface area contributed by atoms with Crippen molar-refractivity contribution in [2.45, 2.75) is 51.1 Å². The highest BCUT2D eigenvalue weighted by Gasteiger charge is 2.37. The lowest BCUT2D eigenvalue weighted by atomic mass is 10.0. The molecule has 2 aromatic heterocycles. The van der Waals surface area contributed by atoms with Gasteiger partial charge in [-0.1, -0.05) is 18.2 Å². The summed E-state index contributed by atoms with van der Waals surface area (Å²) in [6.07, 6.45) is 8.72. The Kier molecular flexibility index (Phi) is 4.93. The molecule has 6 heteroatoms. The summed E-state index contributed by atoms with van der Waals surface area (Å²) < 4.78 is 2.11. The highest BCUT2D eigenvalue weighted by atomic mass is 16.2. The molecule has 6 nitrogen and oxygen atoms in total. The van der Waals surface area contributed by atoms with Crippen LogP contribution < -0.4 is 4.90 Å². The van der Waals surface area contributed by atoms with Crippen LogP contribution in [0.4, 0.5) is 5.82 Å². The first-order valence-corrected chi connectivity index (χ1v) is 11.0. The molecule has 1 aliphatic heterocycles. The highest BCUT2D eigenvalue weighted by molar-refractivity contribution is 5.89. The number of hydrogen-bond acceptors (Lipinski definition) is 4. The number of hydrogen-bond donors (Lipinski definition) is 0. The lowest BCUT2D eigenvalue weighted by Crippen LogP contribution is -2.48. The Morgan fingerprint density at radius 2 is 1.83 bits per heavy atom. The number of aromatic nitrogens is 3. The Morgan fingerprint density at radius 3 is 2.57 bits per heavy atom. The van der Waals surface area contributed by atoms with E-state index in [0.717, 1.165) is 43.0 Å². The molecule has 0 atom stereocenters. The molecule has 1 amide bonds. The summed E-state index contributed by atoms with van der Waals surface area (Å²) in [6.45, 7) is 3.66. The molecule has 3 heterocycles. The number of fused-ring (bicyclic) bond motifs is 1. The van der Waals surface area contributed by atoms with Crippen molar-refractivity contribution in [2.75, 3.05) is 18.0 Å². The monoisotopic (exact) mass is 403 g/mol. The molecule has 1 saturated heterocycles. The molecule has 0 unspecified atom stereocenters. The fourth-order valence-electron chi connectivity index (χ4n) is 4.84. The normalized spacial score (nSPS) is 17.5. The number of likely N-dealkylation sites (tertiary alicyclic amines) is 1. The molecule has 1 aromatic carbocycles. The quantitative estimate of drug-likeness (QED) is 0.655. The van der Waals surface area contributed by atoms with Crippen LogP contribution in [0.5, 0.6) is 0 Å². The largest absolute Gasteiger partial charge is 0.350 e. The van der Waals surface area contributed by atoms with Crippen LogP contribution in [0.15, 0.2) is 42.9 Å². The number of benzene rings is 1. The summed E-state index contributed by atoms with van der Waals surface area (Å²) in [5.41, 5.74) is 3.31. The van der Waals surface area contributed by atoms with E-state index in [1.807, 2.05) is 26.1 Å². The molecular weight excluding hydrogens is 374 g/mol. The first kappa shape index (κ1) is 19.1. The van der Waals surface area contributed by atoms with Crippen LogP contribution >= 0.6 is 0 Å². The summed E-state index contributed by atoms with van der Waals surface area (Å²) in [4.78, 5) is 26.4. The van der Waals surface area contributed by atoms with Crippen molar-refractivity contribution in [3.05, 3.63) is 54.1 Å². The van der Waals surface area contributed by atoms with Gasteiger partial charge in [0.1, 0.15) is 12.1 Å². The molecule has 3 aromatic rings. The predicted molar refractivity (Wildman–Crippen MR) is 118 cm³/mol. The van der Waals surface area contributed by atoms with Gasteiger partial charge in [-0.3, -0.25) is 4.79 Å². The minimum Gasteiger partial charge on any atom is -0.350 e. The van der Waals surface area contributed by atoms with Crippen molar-refractivity contribution in [1.29, 1.82) is 0 Å². The molecule has 0 bridgehead atoms. The van der Waals surface area contributed by atoms with Gasteiger partial charge in [0.15, 0.2) is 0 Å². The van der Waals surface area contributed by atoms with E-state index in [0.29, 0.717) is 18.5 Å². The standard InChI is InChI=1S/C24H29N5O/c1-17-13-23(26-16-25-17)29(19-7-8-19)20-9-11-28(12-10-20)24(30)14-18-15-27(2)22-6-4-3-5-21(18)22/h3-6,13,15-16,19-20H,7-12,14H2,1-2H3. The minimum absolute atomic E-state index is 0.237. The van der Waals surface area contributed by atoms with Crippen LogP contribution in [0, 0.1) is 6.92 Å². The zero-order valence-electron chi connectivity index (χ0n) is 17.8. The van der Waals surface area contributed by atoms with Gasteiger partial charge in [-0.2, -0.15) is 0 Å².